The highest BCUT2D eigenvalue weighted by molar-refractivity contribution is 5.13. The first-order valence-corrected chi connectivity index (χ1v) is 4.78. The summed E-state index contributed by atoms with van der Waals surface area (Å²) in [6.07, 6.45) is 0.106. The lowest BCUT2D eigenvalue weighted by Crippen LogP contribution is -2.07. The lowest BCUT2D eigenvalue weighted by Gasteiger charge is -2.01. The van der Waals surface area contributed by atoms with Gasteiger partial charge >= 0.3 is 0 Å². The maximum absolute atomic E-state index is 8.71. The number of benzene rings is 1. The van der Waals surface area contributed by atoms with Gasteiger partial charge in [0.2, 0.25) is 0 Å². The lowest BCUT2D eigenvalue weighted by atomic mass is 10.2. The fourth-order valence-corrected chi connectivity index (χ4v) is 1.35. The Balaban J connectivity index is 1.64. The first-order valence-electron chi connectivity index (χ1n) is 4.78. The molecule has 1 heterocycles. The molecule has 0 bridgehead atoms. The average molecular weight is 195 g/mol. The van der Waals surface area contributed by atoms with Gasteiger partial charge in [0.25, 0.3) is 0 Å². The molecule has 76 valence electrons. The molecule has 0 aromatic heterocycles. The molecule has 0 amide bonds. The highest BCUT2D eigenvalue weighted by Gasteiger charge is 2.37. The summed E-state index contributed by atoms with van der Waals surface area (Å²) < 4.78 is 10.6. The smallest absolute Gasteiger partial charge is 0.110 e. The second-order valence-corrected chi connectivity index (χ2v) is 3.40. The number of aliphatic hydroxyl groups excluding tert-OH is 1. The van der Waals surface area contributed by atoms with E-state index in [1.165, 1.54) is 0 Å². The Bertz CT molecular complexity index is 273. The highest BCUT2D eigenvalue weighted by Crippen LogP contribution is 2.21. The van der Waals surface area contributed by atoms with Gasteiger partial charge in [0.1, 0.15) is 12.2 Å². The standard InChI is InChI=1S/C11H14O3/c12-6-10-11(14-10)8-13-7-9-4-2-1-3-5-9/h1-5,10-12H,6-8H2/t10-,11+/m0/s1/i6+1. The number of hydrogen-bond acceptors (Lipinski definition) is 3. The van der Waals surface area contributed by atoms with Crippen molar-refractivity contribution in [1.29, 1.82) is 0 Å². The maximum atomic E-state index is 8.71. The van der Waals surface area contributed by atoms with Crippen LogP contribution in [0, 0.1) is 0 Å². The number of ether oxygens (including phenoxy) is 2. The summed E-state index contributed by atoms with van der Waals surface area (Å²) in [7, 11) is 0. The van der Waals surface area contributed by atoms with Gasteiger partial charge in [-0.05, 0) is 5.56 Å². The lowest BCUT2D eigenvalue weighted by molar-refractivity contribution is 0.104. The fourth-order valence-electron chi connectivity index (χ4n) is 1.35. The Morgan fingerprint density at radius 1 is 1.21 bits per heavy atom. The van der Waals surface area contributed by atoms with Crippen LogP contribution in [0.5, 0.6) is 0 Å². The van der Waals surface area contributed by atoms with Crippen LogP contribution in [0.15, 0.2) is 30.3 Å². The van der Waals surface area contributed by atoms with Gasteiger partial charge in [0.05, 0.1) is 19.8 Å². The van der Waals surface area contributed by atoms with E-state index in [2.05, 4.69) is 0 Å². The van der Waals surface area contributed by atoms with Gasteiger partial charge in [0, 0.05) is 0 Å². The van der Waals surface area contributed by atoms with E-state index >= 15 is 0 Å². The molecule has 0 aliphatic carbocycles. The molecular formula is C11H14O3. The second-order valence-electron chi connectivity index (χ2n) is 3.40. The predicted octanol–water partition coefficient (Wildman–Crippen LogP) is 0.963. The summed E-state index contributed by atoms with van der Waals surface area (Å²) in [5.41, 5.74) is 1.16. The molecule has 2 rings (SSSR count). The highest BCUT2D eigenvalue weighted by atomic mass is 16.6. The van der Waals surface area contributed by atoms with Gasteiger partial charge in [0.15, 0.2) is 0 Å². The first-order chi connectivity index (χ1) is 6.90. The molecular weight excluding hydrogens is 181 g/mol. The van der Waals surface area contributed by atoms with E-state index in [4.69, 9.17) is 14.6 Å². The molecule has 1 aliphatic heterocycles. The Hall–Kier alpha value is -0.900. The third-order valence-corrected chi connectivity index (χ3v) is 2.26. The van der Waals surface area contributed by atoms with E-state index in [1.807, 2.05) is 30.3 Å². The van der Waals surface area contributed by atoms with Gasteiger partial charge in [-0.15, -0.1) is 0 Å². The molecule has 1 saturated heterocycles. The third-order valence-electron chi connectivity index (χ3n) is 2.26. The third kappa shape index (κ3) is 2.54. The Kier molecular flexibility index (Phi) is 3.14. The van der Waals surface area contributed by atoms with Crippen LogP contribution < -0.4 is 0 Å². The van der Waals surface area contributed by atoms with E-state index in [0.29, 0.717) is 13.2 Å². The van der Waals surface area contributed by atoms with E-state index in [-0.39, 0.29) is 18.8 Å². The van der Waals surface area contributed by atoms with Crippen LogP contribution in [-0.4, -0.2) is 30.5 Å². The normalized spacial score (nSPS) is 24.9. The zero-order chi connectivity index (χ0) is 9.80. The summed E-state index contributed by atoms with van der Waals surface area (Å²) in [5.74, 6) is 0. The molecule has 3 heteroatoms. The van der Waals surface area contributed by atoms with E-state index in [9.17, 15) is 0 Å². The van der Waals surface area contributed by atoms with E-state index in [0.717, 1.165) is 5.56 Å². The summed E-state index contributed by atoms with van der Waals surface area (Å²) in [4.78, 5) is 0. The molecule has 0 saturated carbocycles. The van der Waals surface area contributed by atoms with Gasteiger partial charge in [-0.3, -0.25) is 0 Å². The summed E-state index contributed by atoms with van der Waals surface area (Å²) in [6, 6.07) is 10.0. The minimum Gasteiger partial charge on any atom is -0.394 e. The van der Waals surface area contributed by atoms with Crippen LogP contribution in [0.4, 0.5) is 0 Å². The van der Waals surface area contributed by atoms with Crippen molar-refractivity contribution >= 4 is 0 Å². The van der Waals surface area contributed by atoms with Crippen molar-refractivity contribution in [3.63, 3.8) is 0 Å². The second kappa shape index (κ2) is 4.55. The van der Waals surface area contributed by atoms with Crippen LogP contribution in [0.25, 0.3) is 0 Å². The largest absolute Gasteiger partial charge is 0.394 e. The van der Waals surface area contributed by atoms with Crippen LogP contribution in [-0.2, 0) is 16.1 Å². The SMILES string of the molecule is O[13CH2][C@@H]1O[C@@H]1COCc1ccccc1. The van der Waals surface area contributed by atoms with Crippen molar-refractivity contribution in [2.75, 3.05) is 13.2 Å². The van der Waals surface area contributed by atoms with Gasteiger partial charge in [-0.2, -0.15) is 0 Å². The number of aliphatic hydroxyl groups is 1. The molecule has 0 spiro atoms. The van der Waals surface area contributed by atoms with Crippen molar-refractivity contribution in [2.45, 2.75) is 18.8 Å². The van der Waals surface area contributed by atoms with Crippen molar-refractivity contribution in [1.82, 2.24) is 0 Å². The predicted molar refractivity (Wildman–Crippen MR) is 51.8 cm³/mol. The fraction of sp³-hybridized carbons (Fsp3) is 0.455. The number of epoxide rings is 1. The molecule has 3 nitrogen and oxygen atoms in total. The average Bonchev–Trinajstić information content (AvgIpc) is 2.98. The van der Waals surface area contributed by atoms with Crippen molar-refractivity contribution in [3.05, 3.63) is 35.9 Å². The number of hydrogen-bond donors (Lipinski definition) is 1. The Morgan fingerprint density at radius 3 is 2.64 bits per heavy atom. The molecule has 0 unspecified atom stereocenters. The Labute approximate surface area is 83.3 Å². The zero-order valence-corrected chi connectivity index (χ0v) is 7.93. The topological polar surface area (TPSA) is 42.0 Å². The number of rotatable bonds is 5. The van der Waals surface area contributed by atoms with E-state index < -0.39 is 0 Å². The molecule has 0 radical (unpaired) electrons. The molecule has 1 N–H and O–H groups in total. The van der Waals surface area contributed by atoms with Crippen LogP contribution >= 0.6 is 0 Å². The van der Waals surface area contributed by atoms with Crippen molar-refractivity contribution < 1.29 is 14.6 Å². The zero-order valence-electron chi connectivity index (χ0n) is 7.93. The van der Waals surface area contributed by atoms with Gasteiger partial charge in [-0.1, -0.05) is 30.3 Å². The van der Waals surface area contributed by atoms with Crippen molar-refractivity contribution in [2.24, 2.45) is 0 Å². The van der Waals surface area contributed by atoms with Crippen LogP contribution in [0.2, 0.25) is 0 Å². The molecule has 14 heavy (non-hydrogen) atoms. The van der Waals surface area contributed by atoms with Crippen LogP contribution in [0.1, 0.15) is 5.56 Å². The Morgan fingerprint density at radius 2 is 2.00 bits per heavy atom. The minimum atomic E-state index is 0.00535. The molecule has 2 atom stereocenters. The van der Waals surface area contributed by atoms with Gasteiger partial charge in [-0.25, -0.2) is 0 Å². The summed E-state index contributed by atoms with van der Waals surface area (Å²) >= 11 is 0. The molecule has 1 aromatic rings. The minimum absolute atomic E-state index is 0.00535. The first kappa shape index (κ1) is 9.65. The van der Waals surface area contributed by atoms with E-state index in [1.54, 1.807) is 0 Å². The molecule has 1 aromatic carbocycles. The summed E-state index contributed by atoms with van der Waals surface area (Å²) in [5, 5.41) is 8.71. The molecule has 1 aliphatic rings. The van der Waals surface area contributed by atoms with Crippen LogP contribution in [0.3, 0.4) is 0 Å². The summed E-state index contributed by atoms with van der Waals surface area (Å²) in [6.45, 7) is 1.28. The van der Waals surface area contributed by atoms with Gasteiger partial charge < -0.3 is 14.6 Å². The maximum Gasteiger partial charge on any atom is 0.110 e. The van der Waals surface area contributed by atoms with Crippen molar-refractivity contribution in [3.8, 4) is 0 Å². The quantitative estimate of drug-likeness (QED) is 0.562. The monoisotopic (exact) mass is 195 g/mol. The molecule has 1 fully saturated rings.